The van der Waals surface area contributed by atoms with Crippen molar-refractivity contribution in [1.29, 1.82) is 0 Å². The summed E-state index contributed by atoms with van der Waals surface area (Å²) in [6.45, 7) is 0. The summed E-state index contributed by atoms with van der Waals surface area (Å²) in [4.78, 5) is 16.0. The smallest absolute Gasteiger partial charge is 0.238 e. The number of hydrogen-bond acceptors (Lipinski definition) is 4. The molecule has 0 atom stereocenters. The van der Waals surface area contributed by atoms with Crippen molar-refractivity contribution >= 4 is 87.4 Å². The van der Waals surface area contributed by atoms with E-state index in [0.717, 1.165) is 99.1 Å². The van der Waals surface area contributed by atoms with E-state index in [2.05, 4.69) is 171 Å². The van der Waals surface area contributed by atoms with E-state index in [-0.39, 0.29) is 0 Å². The first-order valence-corrected chi connectivity index (χ1v) is 21.5. The number of furan rings is 1. The summed E-state index contributed by atoms with van der Waals surface area (Å²) >= 11 is 0. The molecule has 5 aromatic heterocycles. The molecule has 0 aliphatic rings. The zero-order valence-corrected chi connectivity index (χ0v) is 34.2. The molecule has 64 heavy (non-hydrogen) atoms. The lowest BCUT2D eigenvalue weighted by molar-refractivity contribution is 0.669. The number of rotatable bonds is 5. The second kappa shape index (κ2) is 13.3. The minimum atomic E-state index is 0.534. The van der Waals surface area contributed by atoms with Gasteiger partial charge in [-0.25, -0.2) is 4.98 Å². The van der Waals surface area contributed by atoms with E-state index in [1.807, 2.05) is 48.5 Å². The molecular weight excluding hydrogens is 785 g/mol. The van der Waals surface area contributed by atoms with Crippen molar-refractivity contribution in [1.82, 2.24) is 28.7 Å². The molecule has 0 fully saturated rings. The van der Waals surface area contributed by atoms with Crippen LogP contribution in [-0.2, 0) is 0 Å². The lowest BCUT2D eigenvalue weighted by Crippen LogP contribution is -2.07. The molecule has 0 radical (unpaired) electrons. The third-order valence-corrected chi connectivity index (χ3v) is 12.9. The third kappa shape index (κ3) is 4.94. The highest BCUT2D eigenvalue weighted by Crippen LogP contribution is 2.47. The van der Waals surface area contributed by atoms with Gasteiger partial charge in [-0.2, -0.15) is 9.97 Å². The molecule has 0 amide bonds. The molecule has 5 heterocycles. The van der Waals surface area contributed by atoms with Gasteiger partial charge in [0.2, 0.25) is 5.95 Å². The van der Waals surface area contributed by atoms with E-state index in [1.54, 1.807) is 0 Å². The van der Waals surface area contributed by atoms with Crippen molar-refractivity contribution in [3.63, 3.8) is 0 Å². The van der Waals surface area contributed by atoms with Gasteiger partial charge >= 0.3 is 0 Å². The largest absolute Gasteiger partial charge is 0.456 e. The fourth-order valence-corrected chi connectivity index (χ4v) is 10.2. The van der Waals surface area contributed by atoms with E-state index in [4.69, 9.17) is 19.4 Å². The van der Waals surface area contributed by atoms with Crippen molar-refractivity contribution in [2.24, 2.45) is 0 Å². The Balaban J connectivity index is 1.17. The molecule has 0 unspecified atom stereocenters. The molecule has 14 rings (SSSR count). The van der Waals surface area contributed by atoms with Crippen LogP contribution in [0.25, 0.3) is 127 Å². The highest BCUT2D eigenvalue weighted by Gasteiger charge is 2.27. The van der Waals surface area contributed by atoms with E-state index < -0.39 is 0 Å². The van der Waals surface area contributed by atoms with Crippen LogP contribution in [0, 0.1) is 0 Å². The summed E-state index contributed by atoms with van der Waals surface area (Å²) in [7, 11) is 0. The van der Waals surface area contributed by atoms with Gasteiger partial charge in [0.15, 0.2) is 11.6 Å². The standard InChI is InChI=1S/C57H34N6O/c1-3-17-35(18-4-1)55-58-56(36-31-32-51-43(33-36)41-24-11-16-30-50(41)64-51)60-57(59-55)63-48-29-15-10-25-42(48)52-49(63)34-44-40-23-9-12-26-45(40)61(37-19-5-2-6-20-37)53(44)54(52)62-46-27-13-7-21-38(46)39-22-8-14-28-47(39)62/h1-34H. The summed E-state index contributed by atoms with van der Waals surface area (Å²) in [5.41, 5.74) is 12.1. The van der Waals surface area contributed by atoms with Gasteiger partial charge in [-0.1, -0.05) is 140 Å². The minimum absolute atomic E-state index is 0.534. The van der Waals surface area contributed by atoms with Crippen LogP contribution in [0.15, 0.2) is 211 Å². The summed E-state index contributed by atoms with van der Waals surface area (Å²) in [6, 6.07) is 72.6. The first-order valence-electron chi connectivity index (χ1n) is 21.5. The number of aromatic nitrogens is 6. The van der Waals surface area contributed by atoms with Crippen LogP contribution < -0.4 is 0 Å². The summed E-state index contributed by atoms with van der Waals surface area (Å²) in [6.07, 6.45) is 0. The second-order valence-corrected chi connectivity index (χ2v) is 16.4. The molecule has 7 heteroatoms. The maximum Gasteiger partial charge on any atom is 0.238 e. The molecule has 0 spiro atoms. The van der Waals surface area contributed by atoms with E-state index in [1.165, 1.54) is 10.8 Å². The maximum absolute atomic E-state index is 6.25. The quantitative estimate of drug-likeness (QED) is 0.173. The molecule has 14 aromatic rings. The Morgan fingerprint density at radius 2 is 0.844 bits per heavy atom. The van der Waals surface area contributed by atoms with Gasteiger partial charge in [0.1, 0.15) is 11.2 Å². The summed E-state index contributed by atoms with van der Waals surface area (Å²) in [5, 5.41) is 8.95. The normalized spacial score (nSPS) is 12.1. The Labute approximate surface area is 365 Å². The molecule has 0 saturated heterocycles. The Morgan fingerprint density at radius 1 is 0.328 bits per heavy atom. The molecule has 298 valence electrons. The first-order chi connectivity index (χ1) is 31.8. The summed E-state index contributed by atoms with van der Waals surface area (Å²) < 4.78 is 13.4. The van der Waals surface area contributed by atoms with Gasteiger partial charge < -0.3 is 13.6 Å². The lowest BCUT2D eigenvalue weighted by Gasteiger charge is -2.17. The van der Waals surface area contributed by atoms with Crippen LogP contribution in [0.1, 0.15) is 0 Å². The average Bonchev–Trinajstić information content (AvgIpc) is 4.10. The molecule has 0 aliphatic heterocycles. The topological polar surface area (TPSA) is 66.6 Å². The second-order valence-electron chi connectivity index (χ2n) is 16.4. The van der Waals surface area contributed by atoms with Crippen LogP contribution in [0.2, 0.25) is 0 Å². The molecular formula is C57H34N6O. The van der Waals surface area contributed by atoms with Gasteiger partial charge in [0.05, 0.1) is 38.8 Å². The summed E-state index contributed by atoms with van der Waals surface area (Å²) in [5.74, 6) is 1.70. The van der Waals surface area contributed by atoms with Gasteiger partial charge in [-0.15, -0.1) is 0 Å². The van der Waals surface area contributed by atoms with Gasteiger partial charge in [-0.3, -0.25) is 4.57 Å². The number of nitrogens with zero attached hydrogens (tertiary/aromatic N) is 6. The fourth-order valence-electron chi connectivity index (χ4n) is 10.2. The van der Waals surface area contributed by atoms with Crippen molar-refractivity contribution in [3.05, 3.63) is 206 Å². The maximum atomic E-state index is 6.25. The van der Waals surface area contributed by atoms with Crippen molar-refractivity contribution < 1.29 is 4.42 Å². The third-order valence-electron chi connectivity index (χ3n) is 12.9. The van der Waals surface area contributed by atoms with Gasteiger partial charge in [-0.05, 0) is 66.7 Å². The van der Waals surface area contributed by atoms with E-state index in [9.17, 15) is 0 Å². The highest BCUT2D eigenvalue weighted by molar-refractivity contribution is 6.26. The molecule has 7 nitrogen and oxygen atoms in total. The molecule has 9 aromatic carbocycles. The molecule has 0 N–H and O–H groups in total. The van der Waals surface area contributed by atoms with Crippen LogP contribution in [0.5, 0.6) is 0 Å². The van der Waals surface area contributed by atoms with E-state index in [0.29, 0.717) is 17.6 Å². The molecule has 0 saturated carbocycles. The molecule has 0 bridgehead atoms. The number of hydrogen-bond donors (Lipinski definition) is 0. The van der Waals surface area contributed by atoms with Crippen LogP contribution in [0.3, 0.4) is 0 Å². The number of fused-ring (bicyclic) bond motifs is 12. The number of benzene rings is 9. The Kier molecular flexibility index (Phi) is 7.27. The van der Waals surface area contributed by atoms with E-state index >= 15 is 0 Å². The van der Waals surface area contributed by atoms with Crippen molar-refractivity contribution in [2.45, 2.75) is 0 Å². The number of para-hydroxylation sites is 6. The van der Waals surface area contributed by atoms with Crippen molar-refractivity contribution in [3.8, 4) is 40.1 Å². The van der Waals surface area contributed by atoms with Crippen LogP contribution in [0.4, 0.5) is 0 Å². The Hall–Kier alpha value is -8.81. The van der Waals surface area contributed by atoms with Crippen molar-refractivity contribution in [2.75, 3.05) is 0 Å². The average molecular weight is 819 g/mol. The van der Waals surface area contributed by atoms with Gasteiger partial charge in [0, 0.05) is 59.9 Å². The zero-order chi connectivity index (χ0) is 41.9. The monoisotopic (exact) mass is 818 g/mol. The SMILES string of the molecule is c1ccc(-c2nc(-c3ccc4oc5ccccc5c4c3)nc(-n3c4ccccc4c4c(-n5c6ccccc6c6ccccc65)c5c(cc43)c3ccccc3n5-c3ccccc3)n2)cc1. The molecule has 0 aliphatic carbocycles. The predicted molar refractivity (Wildman–Crippen MR) is 261 cm³/mol. The van der Waals surface area contributed by atoms with Gasteiger partial charge in [0.25, 0.3) is 0 Å². The Bertz CT molecular complexity index is 4140. The lowest BCUT2D eigenvalue weighted by atomic mass is 10.1. The highest BCUT2D eigenvalue weighted by atomic mass is 16.3. The zero-order valence-electron chi connectivity index (χ0n) is 34.2. The van der Waals surface area contributed by atoms with Crippen LogP contribution >= 0.6 is 0 Å². The first kappa shape index (κ1) is 34.9. The minimum Gasteiger partial charge on any atom is -0.456 e. The predicted octanol–water partition coefficient (Wildman–Crippen LogP) is 14.4. The van der Waals surface area contributed by atoms with Crippen LogP contribution in [-0.4, -0.2) is 28.7 Å². The Morgan fingerprint density at radius 3 is 1.53 bits per heavy atom. The fraction of sp³-hybridized carbons (Fsp3) is 0.